The highest BCUT2D eigenvalue weighted by Gasteiger charge is 2.13. The number of thioether (sulfide) groups is 1. The van der Waals surface area contributed by atoms with Crippen LogP contribution in [0.25, 0.3) is 11.5 Å². The van der Waals surface area contributed by atoms with Crippen LogP contribution >= 0.6 is 11.8 Å². The highest BCUT2D eigenvalue weighted by Crippen LogP contribution is 2.26. The predicted molar refractivity (Wildman–Crippen MR) is 59.7 cm³/mol. The Morgan fingerprint density at radius 2 is 2.35 bits per heavy atom. The minimum atomic E-state index is -0.845. The Labute approximate surface area is 101 Å². The van der Waals surface area contributed by atoms with Crippen LogP contribution in [0.4, 0.5) is 0 Å². The van der Waals surface area contributed by atoms with E-state index >= 15 is 0 Å². The average Bonchev–Trinajstić information content (AvgIpc) is 2.86. The van der Waals surface area contributed by atoms with Crippen LogP contribution in [0.3, 0.4) is 0 Å². The number of aliphatic carboxylic acids is 1. The molecule has 17 heavy (non-hydrogen) atoms. The summed E-state index contributed by atoms with van der Waals surface area (Å²) in [6.07, 6.45) is 1.61. The largest absolute Gasteiger partial charge is 0.481 e. The van der Waals surface area contributed by atoms with Crippen molar-refractivity contribution in [3.05, 3.63) is 18.1 Å². The van der Waals surface area contributed by atoms with Gasteiger partial charge in [0.2, 0.25) is 0 Å². The van der Waals surface area contributed by atoms with E-state index in [4.69, 9.17) is 13.9 Å². The van der Waals surface area contributed by atoms with E-state index in [1.54, 1.807) is 19.3 Å². The molecule has 6 nitrogen and oxygen atoms in total. The Morgan fingerprint density at radius 3 is 3.00 bits per heavy atom. The number of furan rings is 1. The van der Waals surface area contributed by atoms with Gasteiger partial charge in [0.05, 0.1) is 18.2 Å². The van der Waals surface area contributed by atoms with E-state index in [-0.39, 0.29) is 6.42 Å². The van der Waals surface area contributed by atoms with Crippen LogP contribution in [0.5, 0.6) is 0 Å². The SMILES string of the molecule is Cc1occc1-c1nnc(SCCC(=O)O)o1. The number of aryl methyl sites for hydroxylation is 1. The van der Waals surface area contributed by atoms with Gasteiger partial charge in [-0.15, -0.1) is 10.2 Å². The molecule has 2 heterocycles. The molecule has 0 saturated carbocycles. The van der Waals surface area contributed by atoms with Crippen molar-refractivity contribution in [1.29, 1.82) is 0 Å². The van der Waals surface area contributed by atoms with Gasteiger partial charge in [-0.05, 0) is 13.0 Å². The van der Waals surface area contributed by atoms with Gasteiger partial charge in [-0.3, -0.25) is 4.79 Å². The summed E-state index contributed by atoms with van der Waals surface area (Å²) in [4.78, 5) is 10.3. The number of rotatable bonds is 5. The molecule has 2 aromatic rings. The molecule has 0 fully saturated rings. The first-order valence-corrected chi connectivity index (χ1v) is 5.88. The van der Waals surface area contributed by atoms with Gasteiger partial charge in [-0.1, -0.05) is 11.8 Å². The van der Waals surface area contributed by atoms with Crippen molar-refractivity contribution in [3.8, 4) is 11.5 Å². The first kappa shape index (κ1) is 11.7. The Morgan fingerprint density at radius 1 is 1.53 bits per heavy atom. The summed E-state index contributed by atoms with van der Waals surface area (Å²) in [7, 11) is 0. The molecule has 0 radical (unpaired) electrons. The topological polar surface area (TPSA) is 89.4 Å². The number of hydrogen-bond acceptors (Lipinski definition) is 6. The van der Waals surface area contributed by atoms with E-state index < -0.39 is 5.97 Å². The number of carboxylic acids is 1. The third kappa shape index (κ3) is 2.88. The van der Waals surface area contributed by atoms with E-state index in [1.165, 1.54) is 11.8 Å². The van der Waals surface area contributed by atoms with E-state index in [0.29, 0.717) is 22.6 Å². The van der Waals surface area contributed by atoms with Gasteiger partial charge in [-0.2, -0.15) is 0 Å². The van der Waals surface area contributed by atoms with E-state index in [2.05, 4.69) is 10.2 Å². The average molecular weight is 254 g/mol. The molecule has 2 rings (SSSR count). The molecule has 90 valence electrons. The third-order valence-corrected chi connectivity index (χ3v) is 2.86. The van der Waals surface area contributed by atoms with Gasteiger partial charge in [0, 0.05) is 5.75 Å². The zero-order valence-electron chi connectivity index (χ0n) is 9.04. The monoisotopic (exact) mass is 254 g/mol. The van der Waals surface area contributed by atoms with Crippen molar-refractivity contribution in [3.63, 3.8) is 0 Å². The number of carbonyl (C=O) groups is 1. The molecule has 0 unspecified atom stereocenters. The Bertz CT molecular complexity index is 520. The van der Waals surface area contributed by atoms with Crippen molar-refractivity contribution in [2.24, 2.45) is 0 Å². The summed E-state index contributed by atoms with van der Waals surface area (Å²) in [6, 6.07) is 1.74. The van der Waals surface area contributed by atoms with Crippen LogP contribution in [-0.4, -0.2) is 27.0 Å². The van der Waals surface area contributed by atoms with Crippen LogP contribution in [-0.2, 0) is 4.79 Å². The van der Waals surface area contributed by atoms with Crippen molar-refractivity contribution in [2.75, 3.05) is 5.75 Å². The quantitative estimate of drug-likeness (QED) is 0.818. The molecule has 7 heteroatoms. The number of aromatic nitrogens is 2. The molecular weight excluding hydrogens is 244 g/mol. The minimum Gasteiger partial charge on any atom is -0.481 e. The molecule has 0 atom stereocenters. The van der Waals surface area contributed by atoms with E-state index in [0.717, 1.165) is 5.56 Å². The summed E-state index contributed by atoms with van der Waals surface area (Å²) >= 11 is 1.22. The Balaban J connectivity index is 2.01. The maximum absolute atomic E-state index is 10.3. The van der Waals surface area contributed by atoms with Gasteiger partial charge >= 0.3 is 5.97 Å². The van der Waals surface area contributed by atoms with Gasteiger partial charge in [0.15, 0.2) is 0 Å². The van der Waals surface area contributed by atoms with Crippen LogP contribution in [0, 0.1) is 6.92 Å². The maximum Gasteiger partial charge on any atom is 0.304 e. The summed E-state index contributed by atoms with van der Waals surface area (Å²) in [5.41, 5.74) is 0.752. The number of nitrogens with zero attached hydrogens (tertiary/aromatic N) is 2. The van der Waals surface area contributed by atoms with E-state index in [1.807, 2.05) is 0 Å². The second-order valence-corrected chi connectivity index (χ2v) is 4.30. The molecule has 0 aliphatic carbocycles. The molecule has 0 spiro atoms. The first-order chi connectivity index (χ1) is 8.16. The lowest BCUT2D eigenvalue weighted by atomic mass is 10.3. The molecular formula is C10H10N2O4S. The molecule has 1 N–H and O–H groups in total. The molecule has 0 aliphatic heterocycles. The van der Waals surface area contributed by atoms with Gasteiger partial charge < -0.3 is 13.9 Å². The lowest BCUT2D eigenvalue weighted by Gasteiger charge is -1.92. The normalized spacial score (nSPS) is 10.6. The smallest absolute Gasteiger partial charge is 0.304 e. The third-order valence-electron chi connectivity index (χ3n) is 2.04. The van der Waals surface area contributed by atoms with E-state index in [9.17, 15) is 4.79 Å². The summed E-state index contributed by atoms with van der Waals surface area (Å²) < 4.78 is 10.5. The van der Waals surface area contributed by atoms with Gasteiger partial charge in [-0.25, -0.2) is 0 Å². The zero-order chi connectivity index (χ0) is 12.3. The molecule has 0 amide bonds. The lowest BCUT2D eigenvalue weighted by Crippen LogP contribution is -1.95. The number of carboxylic acid groups (broad SMARTS) is 1. The zero-order valence-corrected chi connectivity index (χ0v) is 9.86. The van der Waals surface area contributed by atoms with Gasteiger partial charge in [0.25, 0.3) is 11.1 Å². The first-order valence-electron chi connectivity index (χ1n) is 4.89. The lowest BCUT2D eigenvalue weighted by molar-refractivity contribution is -0.136. The summed E-state index contributed by atoms with van der Waals surface area (Å²) in [5.74, 6) is 0.647. The maximum atomic E-state index is 10.3. The fourth-order valence-corrected chi connectivity index (χ4v) is 1.90. The van der Waals surface area contributed by atoms with Crippen LogP contribution in [0.2, 0.25) is 0 Å². The predicted octanol–water partition coefficient (Wildman–Crippen LogP) is 2.20. The van der Waals surface area contributed by atoms with Crippen LogP contribution < -0.4 is 0 Å². The molecule has 2 aromatic heterocycles. The standard InChI is InChI=1S/C10H10N2O4S/c1-6-7(2-4-15-6)9-11-12-10(16-9)17-5-3-8(13)14/h2,4H,3,5H2,1H3,(H,13,14). The molecule has 0 aliphatic rings. The summed E-state index contributed by atoms with van der Waals surface area (Å²) in [5, 5.41) is 16.5. The highest BCUT2D eigenvalue weighted by atomic mass is 32.2. The van der Waals surface area contributed by atoms with Crippen LogP contribution in [0.15, 0.2) is 26.4 Å². The highest BCUT2D eigenvalue weighted by molar-refractivity contribution is 7.99. The second-order valence-electron chi connectivity index (χ2n) is 3.26. The van der Waals surface area contributed by atoms with Crippen LogP contribution in [0.1, 0.15) is 12.2 Å². The molecule has 0 bridgehead atoms. The minimum absolute atomic E-state index is 0.0626. The second kappa shape index (κ2) is 5.05. The van der Waals surface area contributed by atoms with Crippen molar-refractivity contribution >= 4 is 17.7 Å². The Hall–Kier alpha value is -1.76. The summed E-state index contributed by atoms with van der Waals surface area (Å²) in [6.45, 7) is 1.80. The molecule has 0 saturated heterocycles. The van der Waals surface area contributed by atoms with Crippen molar-refractivity contribution in [2.45, 2.75) is 18.6 Å². The molecule has 0 aromatic carbocycles. The van der Waals surface area contributed by atoms with Gasteiger partial charge in [0.1, 0.15) is 5.76 Å². The fourth-order valence-electron chi connectivity index (χ4n) is 1.21. The van der Waals surface area contributed by atoms with Crippen molar-refractivity contribution < 1.29 is 18.7 Å². The Kier molecular flexibility index (Phi) is 3.48. The van der Waals surface area contributed by atoms with Crippen molar-refractivity contribution in [1.82, 2.24) is 10.2 Å². The number of hydrogen-bond donors (Lipinski definition) is 1. The fraction of sp³-hybridized carbons (Fsp3) is 0.300.